The van der Waals surface area contributed by atoms with Crippen LogP contribution in [-0.4, -0.2) is 60.9 Å². The molecule has 0 aromatic rings. The summed E-state index contributed by atoms with van der Waals surface area (Å²) in [6.45, 7) is 6.85. The highest BCUT2D eigenvalue weighted by atomic mass is 16.7. The second-order valence-corrected chi connectivity index (χ2v) is 6.77. The molecular weight excluding hydrogens is 286 g/mol. The number of likely N-dealkylation sites (N-methyl/N-ethyl adjacent to an activating group) is 1. The Kier molecular flexibility index (Phi) is 6.62. The van der Waals surface area contributed by atoms with Crippen LogP contribution in [0.3, 0.4) is 0 Å². The van der Waals surface area contributed by atoms with Gasteiger partial charge in [-0.15, -0.1) is 0 Å². The van der Waals surface area contributed by atoms with Crippen LogP contribution in [-0.2, 0) is 14.4 Å². The molecule has 0 bridgehead atoms. The Morgan fingerprint density at radius 3 is 2.32 bits per heavy atom. The van der Waals surface area contributed by atoms with E-state index in [0.717, 1.165) is 17.9 Å². The van der Waals surface area contributed by atoms with Crippen LogP contribution in [0.25, 0.3) is 0 Å². The lowest BCUT2D eigenvalue weighted by Gasteiger charge is -2.34. The molecule has 1 aliphatic rings. The third-order valence-corrected chi connectivity index (χ3v) is 3.75. The highest BCUT2D eigenvalue weighted by Gasteiger charge is 2.29. The number of nitrogens with zero attached hydrogens (tertiary/aromatic N) is 2. The first-order valence-electron chi connectivity index (χ1n) is 7.69. The number of hydrogen-bond acceptors (Lipinski definition) is 5. The first-order valence-corrected chi connectivity index (χ1v) is 7.69. The van der Waals surface area contributed by atoms with E-state index in [4.69, 9.17) is 15.3 Å². The molecule has 0 unspecified atom stereocenters. The number of hydrogen-bond donors (Lipinski definition) is 1. The third kappa shape index (κ3) is 5.81. The Morgan fingerprint density at radius 1 is 1.32 bits per heavy atom. The smallest absolute Gasteiger partial charge is 0.410 e. The van der Waals surface area contributed by atoms with Crippen LogP contribution >= 0.6 is 0 Å². The van der Waals surface area contributed by atoms with Crippen LogP contribution in [0.15, 0.2) is 0 Å². The minimum absolute atomic E-state index is 0.225. The number of ether oxygens (including phenoxy) is 1. The summed E-state index contributed by atoms with van der Waals surface area (Å²) in [5.74, 6) is 0.111. The van der Waals surface area contributed by atoms with Gasteiger partial charge < -0.3 is 15.4 Å². The molecule has 7 nitrogen and oxygen atoms in total. The molecule has 1 heterocycles. The molecule has 1 fully saturated rings. The van der Waals surface area contributed by atoms with Gasteiger partial charge in [0.05, 0.1) is 13.2 Å². The quantitative estimate of drug-likeness (QED) is 0.792. The molecule has 1 rings (SSSR count). The lowest BCUT2D eigenvalue weighted by Crippen LogP contribution is -2.45. The average molecular weight is 315 g/mol. The molecule has 0 aliphatic carbocycles. The number of amides is 2. The van der Waals surface area contributed by atoms with E-state index in [-0.39, 0.29) is 12.0 Å². The van der Waals surface area contributed by atoms with Crippen molar-refractivity contribution in [3.05, 3.63) is 0 Å². The Balaban J connectivity index is 2.39. The summed E-state index contributed by atoms with van der Waals surface area (Å²) in [6.07, 6.45) is 1.99. The zero-order valence-electron chi connectivity index (χ0n) is 14.3. The number of carbonyl (C=O) groups excluding carboxylic acids is 2. The fraction of sp³-hybridized carbons (Fsp3) is 0.867. The average Bonchev–Trinajstić information content (AvgIpc) is 2.44. The molecule has 7 heteroatoms. The van der Waals surface area contributed by atoms with Crippen LogP contribution in [0.2, 0.25) is 0 Å². The lowest BCUT2D eigenvalue weighted by molar-refractivity contribution is -0.170. The van der Waals surface area contributed by atoms with Crippen molar-refractivity contribution in [2.45, 2.75) is 51.7 Å². The van der Waals surface area contributed by atoms with E-state index in [1.54, 1.807) is 11.9 Å². The molecule has 1 aliphatic heterocycles. The summed E-state index contributed by atoms with van der Waals surface area (Å²) in [4.78, 5) is 30.4. The van der Waals surface area contributed by atoms with Gasteiger partial charge >= 0.3 is 6.09 Å². The maximum absolute atomic E-state index is 12.0. The SMILES string of the molecule is CON(C)C(=O)[C@H](N)CC1CCN(C(=O)OC(C)(C)C)CC1. The first kappa shape index (κ1) is 18.7. The number of likely N-dealkylation sites (tertiary alicyclic amines) is 1. The predicted octanol–water partition coefficient (Wildman–Crippen LogP) is 1.37. The van der Waals surface area contributed by atoms with Crippen molar-refractivity contribution in [2.75, 3.05) is 27.2 Å². The molecule has 2 amide bonds. The lowest BCUT2D eigenvalue weighted by atomic mass is 9.90. The van der Waals surface area contributed by atoms with Gasteiger partial charge in [-0.05, 0) is 46.0 Å². The van der Waals surface area contributed by atoms with Crippen molar-refractivity contribution >= 4 is 12.0 Å². The molecule has 0 saturated carbocycles. The van der Waals surface area contributed by atoms with Gasteiger partial charge in [-0.3, -0.25) is 9.63 Å². The van der Waals surface area contributed by atoms with Crippen LogP contribution in [0.1, 0.15) is 40.0 Å². The molecule has 0 spiro atoms. The highest BCUT2D eigenvalue weighted by molar-refractivity contribution is 5.80. The summed E-state index contributed by atoms with van der Waals surface area (Å²) in [6, 6.07) is -0.567. The van der Waals surface area contributed by atoms with Crippen molar-refractivity contribution in [2.24, 2.45) is 11.7 Å². The van der Waals surface area contributed by atoms with E-state index in [0.29, 0.717) is 25.4 Å². The molecule has 1 atom stereocenters. The van der Waals surface area contributed by atoms with Crippen molar-refractivity contribution in [3.8, 4) is 0 Å². The summed E-state index contributed by atoms with van der Waals surface area (Å²) in [5, 5.41) is 1.15. The van der Waals surface area contributed by atoms with E-state index in [2.05, 4.69) is 0 Å². The number of rotatable bonds is 4. The largest absolute Gasteiger partial charge is 0.444 e. The second kappa shape index (κ2) is 7.78. The highest BCUT2D eigenvalue weighted by Crippen LogP contribution is 2.23. The summed E-state index contributed by atoms with van der Waals surface area (Å²) < 4.78 is 5.36. The molecule has 0 aromatic heterocycles. The molecule has 0 radical (unpaired) electrons. The minimum atomic E-state index is -0.567. The van der Waals surface area contributed by atoms with Gasteiger partial charge in [0.25, 0.3) is 5.91 Å². The molecule has 128 valence electrons. The van der Waals surface area contributed by atoms with Crippen LogP contribution in [0.5, 0.6) is 0 Å². The normalized spacial score (nSPS) is 18.0. The standard InChI is InChI=1S/C15H29N3O4/c1-15(2,3)22-14(20)18-8-6-11(7-9-18)10-12(16)13(19)17(4)21-5/h11-12H,6-10,16H2,1-5H3/t12-/m1/s1. The maximum Gasteiger partial charge on any atom is 0.410 e. The third-order valence-electron chi connectivity index (χ3n) is 3.75. The first-order chi connectivity index (χ1) is 10.1. The predicted molar refractivity (Wildman–Crippen MR) is 82.9 cm³/mol. The number of nitrogens with two attached hydrogens (primary N) is 1. The van der Waals surface area contributed by atoms with E-state index in [1.807, 2.05) is 20.8 Å². The van der Waals surface area contributed by atoms with Gasteiger partial charge in [0.1, 0.15) is 5.60 Å². The maximum atomic E-state index is 12.0. The molecule has 22 heavy (non-hydrogen) atoms. The Morgan fingerprint density at radius 2 is 1.86 bits per heavy atom. The fourth-order valence-electron chi connectivity index (χ4n) is 2.46. The van der Waals surface area contributed by atoms with E-state index < -0.39 is 11.6 Å². The Bertz CT molecular complexity index is 387. The van der Waals surface area contributed by atoms with Gasteiger partial charge in [-0.2, -0.15) is 0 Å². The Labute approximate surface area is 132 Å². The van der Waals surface area contributed by atoms with E-state index in [1.165, 1.54) is 7.11 Å². The van der Waals surface area contributed by atoms with Crippen LogP contribution in [0.4, 0.5) is 4.79 Å². The second-order valence-electron chi connectivity index (χ2n) is 6.77. The van der Waals surface area contributed by atoms with Gasteiger partial charge in [0, 0.05) is 20.1 Å². The Hall–Kier alpha value is -1.34. The number of carbonyl (C=O) groups is 2. The molecule has 1 saturated heterocycles. The summed E-state index contributed by atoms with van der Waals surface area (Å²) >= 11 is 0. The topological polar surface area (TPSA) is 85.1 Å². The zero-order valence-corrected chi connectivity index (χ0v) is 14.3. The van der Waals surface area contributed by atoms with Crippen molar-refractivity contribution in [1.29, 1.82) is 0 Å². The molecule has 0 aromatic carbocycles. The van der Waals surface area contributed by atoms with Crippen molar-refractivity contribution in [1.82, 2.24) is 9.96 Å². The van der Waals surface area contributed by atoms with Gasteiger partial charge in [-0.1, -0.05) is 0 Å². The summed E-state index contributed by atoms with van der Waals surface area (Å²) in [7, 11) is 2.98. The zero-order chi connectivity index (χ0) is 16.9. The number of hydroxylamine groups is 2. The van der Waals surface area contributed by atoms with E-state index in [9.17, 15) is 9.59 Å². The monoisotopic (exact) mass is 315 g/mol. The van der Waals surface area contributed by atoms with Gasteiger partial charge in [0.2, 0.25) is 0 Å². The fourth-order valence-corrected chi connectivity index (χ4v) is 2.46. The summed E-state index contributed by atoms with van der Waals surface area (Å²) in [5.41, 5.74) is 5.45. The molecular formula is C15H29N3O4. The van der Waals surface area contributed by atoms with Crippen molar-refractivity contribution in [3.63, 3.8) is 0 Å². The van der Waals surface area contributed by atoms with E-state index >= 15 is 0 Å². The van der Waals surface area contributed by atoms with Crippen LogP contribution in [0, 0.1) is 5.92 Å². The molecule has 2 N–H and O–H groups in total. The number of piperidine rings is 1. The van der Waals surface area contributed by atoms with Crippen molar-refractivity contribution < 1.29 is 19.2 Å². The minimum Gasteiger partial charge on any atom is -0.444 e. The van der Waals surface area contributed by atoms with Gasteiger partial charge in [0.15, 0.2) is 0 Å². The van der Waals surface area contributed by atoms with Gasteiger partial charge in [-0.25, -0.2) is 9.86 Å². The van der Waals surface area contributed by atoms with Crippen LogP contribution < -0.4 is 5.73 Å².